The van der Waals surface area contributed by atoms with Gasteiger partial charge in [0.15, 0.2) is 0 Å². The zero-order valence-corrected chi connectivity index (χ0v) is 8.38. The highest BCUT2D eigenvalue weighted by molar-refractivity contribution is 14.2. The Labute approximate surface area is 80.1 Å². The van der Waals surface area contributed by atoms with Gasteiger partial charge >= 0.3 is 0 Å². The predicted molar refractivity (Wildman–Crippen MR) is 57.0 cm³/mol. The van der Waals surface area contributed by atoms with Crippen LogP contribution >= 0.6 is 20.7 Å². The fraction of sp³-hybridized carbons (Fsp3) is 0. The second-order valence-corrected chi connectivity index (χ2v) is 4.38. The SMILES string of the molecule is C=C1C(=O)NC2=C1C=C=IC=C2. The second kappa shape index (κ2) is 2.84. The Balaban J connectivity index is 2.56. The highest BCUT2D eigenvalue weighted by Gasteiger charge is 2.22. The van der Waals surface area contributed by atoms with Crippen LogP contribution in [0.4, 0.5) is 0 Å². The summed E-state index contributed by atoms with van der Waals surface area (Å²) >= 11 is -0.0936. The minimum atomic E-state index is -0.0946. The molecule has 2 heterocycles. The van der Waals surface area contributed by atoms with Crippen LogP contribution in [0.3, 0.4) is 0 Å². The molecule has 1 N–H and O–H groups in total. The number of nitrogens with one attached hydrogen (secondary N) is 1. The van der Waals surface area contributed by atoms with Crippen molar-refractivity contribution in [2.45, 2.75) is 0 Å². The summed E-state index contributed by atoms with van der Waals surface area (Å²) in [4.78, 5) is 11.1. The lowest BCUT2D eigenvalue weighted by Gasteiger charge is -1.91. The normalized spacial score (nSPS) is 20.3. The minimum absolute atomic E-state index is 0.0936. The molecule has 0 unspecified atom stereocenters. The fourth-order valence-electron chi connectivity index (χ4n) is 1.06. The van der Waals surface area contributed by atoms with Crippen molar-refractivity contribution in [3.05, 3.63) is 39.7 Å². The summed E-state index contributed by atoms with van der Waals surface area (Å²) in [6.07, 6.45) is 3.80. The molecule has 0 bridgehead atoms. The number of halogens is 1. The molecule has 1 amide bonds. The number of allylic oxidation sites excluding steroid dienone is 2. The largest absolute Gasteiger partial charge is 0.321 e. The van der Waals surface area contributed by atoms with Gasteiger partial charge in [0.1, 0.15) is 0 Å². The van der Waals surface area contributed by atoms with Crippen molar-refractivity contribution in [3.8, 4) is 0 Å². The second-order valence-electron chi connectivity index (χ2n) is 2.42. The van der Waals surface area contributed by atoms with Crippen LogP contribution in [-0.2, 0) is 4.79 Å². The first-order valence-corrected chi connectivity index (χ1v) is 5.74. The Morgan fingerprint density at radius 1 is 1.58 bits per heavy atom. The first kappa shape index (κ1) is 7.71. The highest BCUT2D eigenvalue weighted by Crippen LogP contribution is 2.23. The predicted octanol–water partition coefficient (Wildman–Crippen LogP) is 1.38. The van der Waals surface area contributed by atoms with E-state index in [9.17, 15) is 4.79 Å². The molecule has 0 aromatic rings. The van der Waals surface area contributed by atoms with Crippen LogP contribution in [0.25, 0.3) is 0 Å². The zero-order valence-electron chi connectivity index (χ0n) is 6.23. The van der Waals surface area contributed by atoms with Crippen LogP contribution in [0.1, 0.15) is 0 Å². The van der Waals surface area contributed by atoms with Gasteiger partial charge in [0.05, 0.1) is 5.70 Å². The van der Waals surface area contributed by atoms with E-state index >= 15 is 0 Å². The van der Waals surface area contributed by atoms with Gasteiger partial charge < -0.3 is 5.32 Å². The molecule has 12 heavy (non-hydrogen) atoms. The third-order valence-electron chi connectivity index (χ3n) is 1.69. The third-order valence-corrected chi connectivity index (χ3v) is 3.08. The summed E-state index contributed by atoms with van der Waals surface area (Å²) in [5.74, 6) is -0.0946. The van der Waals surface area contributed by atoms with Gasteiger partial charge in [0.2, 0.25) is 0 Å². The van der Waals surface area contributed by atoms with E-state index in [-0.39, 0.29) is 26.6 Å². The average molecular weight is 271 g/mol. The van der Waals surface area contributed by atoms with Gasteiger partial charge in [-0.2, -0.15) is 0 Å². The monoisotopic (exact) mass is 271 g/mol. The van der Waals surface area contributed by atoms with Gasteiger partial charge in [0, 0.05) is 11.1 Å². The number of carbonyl (C=O) groups excluding carboxylic acids is 1. The van der Waals surface area contributed by atoms with E-state index in [1.165, 1.54) is 0 Å². The maximum Gasteiger partial charge on any atom is 0.255 e. The Hall–Kier alpha value is -0.930. The van der Waals surface area contributed by atoms with E-state index in [0.29, 0.717) is 5.57 Å². The Bertz CT molecular complexity index is 395. The van der Waals surface area contributed by atoms with E-state index in [0.717, 1.165) is 11.3 Å². The molecule has 2 aliphatic heterocycles. The lowest BCUT2D eigenvalue weighted by Crippen LogP contribution is -2.14. The molecule has 0 radical (unpaired) electrons. The van der Waals surface area contributed by atoms with Gasteiger partial charge in [0.25, 0.3) is 5.91 Å². The first-order valence-electron chi connectivity index (χ1n) is 3.41. The Kier molecular flexibility index (Phi) is 1.83. The van der Waals surface area contributed by atoms with E-state index < -0.39 is 0 Å². The molecule has 0 saturated carbocycles. The lowest BCUT2D eigenvalue weighted by molar-refractivity contribution is -0.115. The molecule has 3 heteroatoms. The summed E-state index contributed by atoms with van der Waals surface area (Å²) in [5, 5.41) is 2.75. The number of hydrogen-bond acceptors (Lipinski definition) is 1. The topological polar surface area (TPSA) is 29.1 Å². The van der Waals surface area contributed by atoms with E-state index in [4.69, 9.17) is 0 Å². The van der Waals surface area contributed by atoms with Crippen LogP contribution in [0.5, 0.6) is 0 Å². The fourth-order valence-corrected chi connectivity index (χ4v) is 2.30. The summed E-state index contributed by atoms with van der Waals surface area (Å²) < 4.78 is 5.22. The first-order chi connectivity index (χ1) is 5.79. The molecule has 0 spiro atoms. The quantitative estimate of drug-likeness (QED) is 0.523. The van der Waals surface area contributed by atoms with Crippen molar-refractivity contribution in [3.63, 3.8) is 0 Å². The number of hydrogen-bond donors (Lipinski definition) is 1. The average Bonchev–Trinajstić information content (AvgIpc) is 2.30. The molecular formula is C9H6INO. The van der Waals surface area contributed by atoms with Crippen molar-refractivity contribution in [2.24, 2.45) is 0 Å². The van der Waals surface area contributed by atoms with Gasteiger partial charge in [-0.25, -0.2) is 0 Å². The van der Waals surface area contributed by atoms with Crippen LogP contribution < -0.4 is 5.32 Å². The summed E-state index contributed by atoms with van der Waals surface area (Å²) in [7, 11) is 0. The molecule has 60 valence electrons. The Morgan fingerprint density at radius 3 is 3.25 bits per heavy atom. The molecule has 2 aliphatic rings. The molecule has 2 nitrogen and oxygen atoms in total. The van der Waals surface area contributed by atoms with Gasteiger partial charge in [-0.15, -0.1) is 0 Å². The van der Waals surface area contributed by atoms with Crippen LogP contribution in [0, 0.1) is 0 Å². The van der Waals surface area contributed by atoms with Gasteiger partial charge in [-0.1, -0.05) is 10.2 Å². The summed E-state index contributed by atoms with van der Waals surface area (Å²) in [5.41, 5.74) is 2.32. The molecule has 0 saturated heterocycles. The molecule has 0 aromatic heterocycles. The Morgan fingerprint density at radius 2 is 2.42 bits per heavy atom. The van der Waals surface area contributed by atoms with E-state index in [2.05, 4.69) is 19.6 Å². The standard InChI is InChI=1S/C9H6INO/c1-6-7-2-4-10-5-3-8(7)11-9(6)12/h2-3,5H,1H2,(H,11,12). The van der Waals surface area contributed by atoms with Crippen molar-refractivity contribution in [1.29, 1.82) is 0 Å². The summed E-state index contributed by atoms with van der Waals surface area (Å²) in [6, 6.07) is 0. The number of carbonyl (C=O) groups is 1. The smallest absolute Gasteiger partial charge is 0.255 e. The number of amides is 1. The van der Waals surface area contributed by atoms with Gasteiger partial charge in [-0.05, 0) is 37.0 Å². The van der Waals surface area contributed by atoms with Crippen LogP contribution in [0.15, 0.2) is 39.7 Å². The minimum Gasteiger partial charge on any atom is -0.321 e. The summed E-state index contributed by atoms with van der Waals surface area (Å²) in [6.45, 7) is 3.70. The van der Waals surface area contributed by atoms with Crippen LogP contribution in [-0.4, -0.2) is 9.57 Å². The maximum atomic E-state index is 11.1. The van der Waals surface area contributed by atoms with Crippen molar-refractivity contribution >= 4 is 30.3 Å². The molecule has 0 aliphatic carbocycles. The number of rotatable bonds is 0. The molecule has 0 aromatic carbocycles. The van der Waals surface area contributed by atoms with Crippen LogP contribution in [0.2, 0.25) is 0 Å². The molecule has 2 rings (SSSR count). The van der Waals surface area contributed by atoms with Crippen molar-refractivity contribution < 1.29 is 4.79 Å². The maximum absolute atomic E-state index is 11.1. The molecule has 0 atom stereocenters. The lowest BCUT2D eigenvalue weighted by atomic mass is 10.1. The zero-order chi connectivity index (χ0) is 8.55. The van der Waals surface area contributed by atoms with Crippen molar-refractivity contribution in [1.82, 2.24) is 5.32 Å². The van der Waals surface area contributed by atoms with Crippen molar-refractivity contribution in [2.75, 3.05) is 0 Å². The third kappa shape index (κ3) is 1.11. The molecular weight excluding hydrogens is 265 g/mol. The van der Waals surface area contributed by atoms with E-state index in [1.54, 1.807) is 0 Å². The van der Waals surface area contributed by atoms with E-state index in [1.807, 2.05) is 12.2 Å². The highest BCUT2D eigenvalue weighted by atomic mass is 127. The van der Waals surface area contributed by atoms with Gasteiger partial charge in [-0.3, -0.25) is 4.79 Å². The molecule has 0 fully saturated rings.